The van der Waals surface area contributed by atoms with Crippen molar-refractivity contribution in [1.82, 2.24) is 10.4 Å². The number of benzene rings is 1. The molecule has 2 aromatic rings. The van der Waals surface area contributed by atoms with Crippen LogP contribution in [0.4, 0.5) is 4.39 Å². The minimum atomic E-state index is -0.306. The Bertz CT molecular complexity index is 519. The quantitative estimate of drug-likeness (QED) is 0.660. The van der Waals surface area contributed by atoms with Gasteiger partial charge in [0.05, 0.1) is 6.04 Å². The monoisotopic (exact) mass is 265 g/mol. The number of rotatable bonds is 4. The molecule has 5 heteroatoms. The molecule has 18 heavy (non-hydrogen) atoms. The van der Waals surface area contributed by atoms with Crippen LogP contribution in [0.15, 0.2) is 42.7 Å². The van der Waals surface area contributed by atoms with Crippen LogP contribution in [-0.2, 0) is 6.42 Å². The van der Waals surface area contributed by atoms with Crippen LogP contribution >= 0.6 is 11.6 Å². The van der Waals surface area contributed by atoms with Crippen molar-refractivity contribution < 1.29 is 4.39 Å². The Labute approximate surface area is 110 Å². The van der Waals surface area contributed by atoms with Gasteiger partial charge >= 0.3 is 0 Å². The maximum atomic E-state index is 13.2. The van der Waals surface area contributed by atoms with Crippen molar-refractivity contribution in [2.45, 2.75) is 12.5 Å². The molecule has 0 aliphatic carbocycles. The SMILES string of the molecule is NNC(Cc1cc(F)ccc1Cl)c1ccncc1. The fraction of sp³-hybridized carbons (Fsp3) is 0.154. The Balaban J connectivity index is 2.23. The van der Waals surface area contributed by atoms with Crippen LogP contribution in [0.5, 0.6) is 0 Å². The van der Waals surface area contributed by atoms with Gasteiger partial charge in [0.25, 0.3) is 0 Å². The second-order valence-corrected chi connectivity index (χ2v) is 4.35. The van der Waals surface area contributed by atoms with Crippen molar-refractivity contribution in [2.24, 2.45) is 5.84 Å². The van der Waals surface area contributed by atoms with E-state index in [1.165, 1.54) is 12.1 Å². The topological polar surface area (TPSA) is 50.9 Å². The highest BCUT2D eigenvalue weighted by molar-refractivity contribution is 6.31. The molecule has 0 saturated carbocycles. The molecule has 0 radical (unpaired) electrons. The van der Waals surface area contributed by atoms with E-state index < -0.39 is 0 Å². The number of hydrogen-bond acceptors (Lipinski definition) is 3. The Morgan fingerprint density at radius 2 is 2.00 bits per heavy atom. The van der Waals surface area contributed by atoms with Crippen molar-refractivity contribution >= 4 is 11.6 Å². The standard InChI is InChI=1S/C13H13ClFN3/c14-12-2-1-11(15)7-10(12)8-13(18-16)9-3-5-17-6-4-9/h1-7,13,18H,8,16H2. The van der Waals surface area contributed by atoms with Gasteiger partial charge in [-0.1, -0.05) is 11.6 Å². The summed E-state index contributed by atoms with van der Waals surface area (Å²) in [4.78, 5) is 3.95. The third kappa shape index (κ3) is 3.04. The largest absolute Gasteiger partial charge is 0.271 e. The number of nitrogens with one attached hydrogen (secondary N) is 1. The number of pyridine rings is 1. The molecule has 1 aromatic heterocycles. The number of halogens is 2. The van der Waals surface area contributed by atoms with Crippen molar-refractivity contribution in [3.8, 4) is 0 Å². The fourth-order valence-corrected chi connectivity index (χ4v) is 1.98. The molecule has 0 fully saturated rings. The average molecular weight is 266 g/mol. The van der Waals surface area contributed by atoms with Crippen molar-refractivity contribution in [1.29, 1.82) is 0 Å². The first-order valence-corrected chi connectivity index (χ1v) is 5.88. The van der Waals surface area contributed by atoms with Gasteiger partial charge in [-0.05, 0) is 47.9 Å². The van der Waals surface area contributed by atoms with E-state index >= 15 is 0 Å². The minimum absolute atomic E-state index is 0.132. The van der Waals surface area contributed by atoms with Gasteiger partial charge in [-0.2, -0.15) is 0 Å². The summed E-state index contributed by atoms with van der Waals surface area (Å²) in [6, 6.07) is 7.89. The fourth-order valence-electron chi connectivity index (χ4n) is 1.79. The Morgan fingerprint density at radius 3 is 2.67 bits per heavy atom. The summed E-state index contributed by atoms with van der Waals surface area (Å²) in [5.74, 6) is 5.23. The molecule has 0 aliphatic rings. The molecule has 0 bridgehead atoms. The Kier molecular flexibility index (Phi) is 4.25. The lowest BCUT2D eigenvalue weighted by Crippen LogP contribution is -2.29. The lowest BCUT2D eigenvalue weighted by atomic mass is 10.0. The molecular weight excluding hydrogens is 253 g/mol. The molecule has 0 saturated heterocycles. The summed E-state index contributed by atoms with van der Waals surface area (Å²) < 4.78 is 13.2. The molecule has 1 aromatic carbocycles. The molecule has 3 nitrogen and oxygen atoms in total. The number of hydrogen-bond donors (Lipinski definition) is 2. The molecule has 0 spiro atoms. The van der Waals surface area contributed by atoms with Gasteiger partial charge in [-0.25, -0.2) is 4.39 Å². The van der Waals surface area contributed by atoms with Gasteiger partial charge in [0, 0.05) is 17.4 Å². The van der Waals surface area contributed by atoms with Crippen LogP contribution in [0.1, 0.15) is 17.2 Å². The van der Waals surface area contributed by atoms with E-state index in [4.69, 9.17) is 17.4 Å². The van der Waals surface area contributed by atoms with Crippen LogP contribution in [-0.4, -0.2) is 4.98 Å². The van der Waals surface area contributed by atoms with Gasteiger partial charge in [0.1, 0.15) is 5.82 Å². The van der Waals surface area contributed by atoms with E-state index in [0.717, 1.165) is 11.1 Å². The third-order valence-electron chi connectivity index (χ3n) is 2.74. The molecule has 3 N–H and O–H groups in total. The summed E-state index contributed by atoms with van der Waals surface area (Å²) in [7, 11) is 0. The normalized spacial score (nSPS) is 12.4. The van der Waals surface area contributed by atoms with E-state index in [-0.39, 0.29) is 11.9 Å². The first-order valence-electron chi connectivity index (χ1n) is 5.50. The predicted molar refractivity (Wildman–Crippen MR) is 69.4 cm³/mol. The van der Waals surface area contributed by atoms with Crippen LogP contribution in [0.3, 0.4) is 0 Å². The first-order chi connectivity index (χ1) is 8.70. The lowest BCUT2D eigenvalue weighted by molar-refractivity contribution is 0.548. The Morgan fingerprint density at radius 1 is 1.28 bits per heavy atom. The number of aromatic nitrogens is 1. The van der Waals surface area contributed by atoms with Crippen LogP contribution < -0.4 is 11.3 Å². The van der Waals surface area contributed by atoms with Crippen molar-refractivity contribution in [3.63, 3.8) is 0 Å². The maximum Gasteiger partial charge on any atom is 0.123 e. The number of hydrazine groups is 1. The summed E-state index contributed by atoms with van der Waals surface area (Å²) in [5, 5.41) is 0.533. The predicted octanol–water partition coefficient (Wildman–Crippen LogP) is 2.62. The van der Waals surface area contributed by atoms with E-state index in [1.54, 1.807) is 18.5 Å². The zero-order valence-electron chi connectivity index (χ0n) is 9.61. The molecule has 1 atom stereocenters. The highest BCUT2D eigenvalue weighted by Crippen LogP contribution is 2.23. The van der Waals surface area contributed by atoms with Gasteiger partial charge in [-0.15, -0.1) is 0 Å². The second-order valence-electron chi connectivity index (χ2n) is 3.94. The second kappa shape index (κ2) is 5.91. The van der Waals surface area contributed by atoms with E-state index in [0.29, 0.717) is 11.4 Å². The molecule has 2 rings (SSSR count). The van der Waals surface area contributed by atoms with Crippen molar-refractivity contribution in [3.05, 3.63) is 64.7 Å². The molecular formula is C13H13ClFN3. The van der Waals surface area contributed by atoms with E-state index in [1.807, 2.05) is 12.1 Å². The molecule has 0 aliphatic heterocycles. The van der Waals surface area contributed by atoms with Gasteiger partial charge < -0.3 is 0 Å². The zero-order valence-corrected chi connectivity index (χ0v) is 10.4. The van der Waals surface area contributed by atoms with Crippen LogP contribution in [0.2, 0.25) is 5.02 Å². The smallest absolute Gasteiger partial charge is 0.123 e. The summed E-state index contributed by atoms with van der Waals surface area (Å²) in [6.07, 6.45) is 3.89. The summed E-state index contributed by atoms with van der Waals surface area (Å²) in [5.41, 5.74) is 4.40. The third-order valence-corrected chi connectivity index (χ3v) is 3.11. The highest BCUT2D eigenvalue weighted by atomic mass is 35.5. The Hall–Kier alpha value is -1.49. The minimum Gasteiger partial charge on any atom is -0.271 e. The van der Waals surface area contributed by atoms with Crippen LogP contribution in [0, 0.1) is 5.82 Å². The van der Waals surface area contributed by atoms with Gasteiger partial charge in [0.2, 0.25) is 0 Å². The number of nitrogens with two attached hydrogens (primary N) is 1. The maximum absolute atomic E-state index is 13.2. The molecule has 94 valence electrons. The van der Waals surface area contributed by atoms with Gasteiger partial charge in [0.15, 0.2) is 0 Å². The zero-order chi connectivity index (χ0) is 13.0. The average Bonchev–Trinajstić information content (AvgIpc) is 2.41. The molecule has 1 heterocycles. The van der Waals surface area contributed by atoms with E-state index in [9.17, 15) is 4.39 Å². The molecule has 0 amide bonds. The summed E-state index contributed by atoms with van der Waals surface area (Å²) >= 11 is 6.04. The molecule has 1 unspecified atom stereocenters. The summed E-state index contributed by atoms with van der Waals surface area (Å²) in [6.45, 7) is 0. The highest BCUT2D eigenvalue weighted by Gasteiger charge is 2.13. The lowest BCUT2D eigenvalue weighted by Gasteiger charge is -2.17. The number of nitrogens with zero attached hydrogens (tertiary/aromatic N) is 1. The van der Waals surface area contributed by atoms with Crippen LogP contribution in [0.25, 0.3) is 0 Å². The van der Waals surface area contributed by atoms with Gasteiger partial charge in [-0.3, -0.25) is 16.3 Å². The van der Waals surface area contributed by atoms with Crippen molar-refractivity contribution in [2.75, 3.05) is 0 Å². The first kappa shape index (κ1) is 13.0. The van der Waals surface area contributed by atoms with E-state index in [2.05, 4.69) is 10.4 Å².